The highest BCUT2D eigenvalue weighted by molar-refractivity contribution is 5.81. The highest BCUT2D eigenvalue weighted by Gasteiger charge is 2.41. The Morgan fingerprint density at radius 2 is 2.00 bits per heavy atom. The van der Waals surface area contributed by atoms with Gasteiger partial charge in [0, 0.05) is 26.7 Å². The molecule has 0 radical (unpaired) electrons. The van der Waals surface area contributed by atoms with Gasteiger partial charge in [0.2, 0.25) is 0 Å². The van der Waals surface area contributed by atoms with Crippen molar-refractivity contribution in [2.75, 3.05) is 47.5 Å². The first-order chi connectivity index (χ1) is 7.64. The summed E-state index contributed by atoms with van der Waals surface area (Å²) in [7, 11) is 5.16. The lowest BCUT2D eigenvalue weighted by atomic mass is 9.87. The Labute approximate surface area is 97.1 Å². The first-order valence-electron chi connectivity index (χ1n) is 5.65. The Kier molecular flexibility index (Phi) is 5.18. The van der Waals surface area contributed by atoms with E-state index in [9.17, 15) is 4.79 Å². The largest absolute Gasteiger partial charge is 0.468 e. The fraction of sp³-hybridized carbons (Fsp3) is 0.909. The third-order valence-corrected chi connectivity index (χ3v) is 3.19. The van der Waals surface area contributed by atoms with E-state index in [1.807, 2.05) is 0 Å². The van der Waals surface area contributed by atoms with Crippen LogP contribution in [0.25, 0.3) is 0 Å². The van der Waals surface area contributed by atoms with E-state index >= 15 is 0 Å². The number of hydrogen-bond donors (Lipinski definition) is 1. The van der Waals surface area contributed by atoms with Gasteiger partial charge in [0.25, 0.3) is 0 Å². The zero-order valence-electron chi connectivity index (χ0n) is 10.4. The van der Waals surface area contributed by atoms with Crippen molar-refractivity contribution in [1.82, 2.24) is 10.2 Å². The molecular formula is C11H22N2O3. The van der Waals surface area contributed by atoms with Gasteiger partial charge >= 0.3 is 5.97 Å². The molecular weight excluding hydrogens is 208 g/mol. The van der Waals surface area contributed by atoms with Gasteiger partial charge in [-0.25, -0.2) is 0 Å². The molecule has 0 saturated carbocycles. The summed E-state index contributed by atoms with van der Waals surface area (Å²) in [6.07, 6.45) is 1.58. The lowest BCUT2D eigenvalue weighted by Crippen LogP contribution is -2.59. The van der Waals surface area contributed by atoms with Crippen LogP contribution in [0.2, 0.25) is 0 Å². The summed E-state index contributed by atoms with van der Waals surface area (Å²) in [6.45, 7) is 3.11. The molecule has 5 heteroatoms. The van der Waals surface area contributed by atoms with Crippen molar-refractivity contribution in [1.29, 1.82) is 0 Å². The molecule has 1 aliphatic rings. The second-order valence-corrected chi connectivity index (χ2v) is 4.30. The molecule has 0 amide bonds. The van der Waals surface area contributed by atoms with Crippen molar-refractivity contribution < 1.29 is 14.3 Å². The van der Waals surface area contributed by atoms with Crippen LogP contribution in [-0.2, 0) is 14.3 Å². The number of hydrogen-bond acceptors (Lipinski definition) is 5. The van der Waals surface area contributed by atoms with Crippen LogP contribution in [0, 0.1) is 0 Å². The summed E-state index contributed by atoms with van der Waals surface area (Å²) in [5.74, 6) is -0.156. The van der Waals surface area contributed by atoms with E-state index in [0.29, 0.717) is 13.2 Å². The Morgan fingerprint density at radius 3 is 2.50 bits per heavy atom. The minimum absolute atomic E-state index is 0.156. The number of likely N-dealkylation sites (tertiary alicyclic amines) is 1. The molecule has 0 aromatic carbocycles. The van der Waals surface area contributed by atoms with Gasteiger partial charge in [-0.3, -0.25) is 10.1 Å². The van der Waals surface area contributed by atoms with Gasteiger partial charge in [0.05, 0.1) is 13.7 Å². The number of piperidine rings is 1. The molecule has 1 saturated heterocycles. The molecule has 1 rings (SSSR count). The zero-order chi connectivity index (χ0) is 12.0. The van der Waals surface area contributed by atoms with Crippen molar-refractivity contribution in [2.45, 2.75) is 18.4 Å². The minimum Gasteiger partial charge on any atom is -0.468 e. The van der Waals surface area contributed by atoms with E-state index in [-0.39, 0.29) is 5.97 Å². The zero-order valence-corrected chi connectivity index (χ0v) is 10.4. The average Bonchev–Trinajstić information content (AvgIpc) is 2.31. The quantitative estimate of drug-likeness (QED) is 0.526. The van der Waals surface area contributed by atoms with E-state index in [1.54, 1.807) is 7.11 Å². The number of carbonyl (C=O) groups is 1. The minimum atomic E-state index is -0.514. The summed E-state index contributed by atoms with van der Waals surface area (Å²) in [6, 6.07) is 0. The fourth-order valence-electron chi connectivity index (χ4n) is 2.04. The summed E-state index contributed by atoms with van der Waals surface area (Å²) >= 11 is 0. The monoisotopic (exact) mass is 230 g/mol. The molecule has 1 fully saturated rings. The van der Waals surface area contributed by atoms with Crippen molar-refractivity contribution in [3.63, 3.8) is 0 Å². The van der Waals surface area contributed by atoms with Crippen LogP contribution in [-0.4, -0.2) is 63.9 Å². The smallest absolute Gasteiger partial charge is 0.326 e. The van der Waals surface area contributed by atoms with Gasteiger partial charge in [0.15, 0.2) is 0 Å². The van der Waals surface area contributed by atoms with E-state index in [2.05, 4.69) is 17.3 Å². The molecule has 1 N–H and O–H groups in total. The predicted octanol–water partition coefficient (Wildman–Crippen LogP) is -0.140. The Balaban J connectivity index is 2.58. The number of methoxy groups -OCH3 is 2. The van der Waals surface area contributed by atoms with Gasteiger partial charge in [-0.15, -0.1) is 0 Å². The SMILES string of the molecule is COCCNC1(C(=O)OC)CCN(C)CC1. The predicted molar refractivity (Wildman–Crippen MR) is 61.4 cm³/mol. The molecule has 1 aliphatic heterocycles. The van der Waals surface area contributed by atoms with Crippen LogP contribution in [0.3, 0.4) is 0 Å². The van der Waals surface area contributed by atoms with Crippen LogP contribution in [0.15, 0.2) is 0 Å². The number of esters is 1. The van der Waals surface area contributed by atoms with Crippen LogP contribution >= 0.6 is 0 Å². The number of nitrogens with zero attached hydrogens (tertiary/aromatic N) is 1. The van der Waals surface area contributed by atoms with Crippen LogP contribution in [0.4, 0.5) is 0 Å². The van der Waals surface area contributed by atoms with Gasteiger partial charge in [-0.05, 0) is 19.9 Å². The Morgan fingerprint density at radius 1 is 1.38 bits per heavy atom. The average molecular weight is 230 g/mol. The molecule has 0 spiro atoms. The molecule has 0 aromatic heterocycles. The Bertz CT molecular complexity index is 225. The van der Waals surface area contributed by atoms with E-state index in [4.69, 9.17) is 9.47 Å². The third kappa shape index (κ3) is 3.17. The maximum atomic E-state index is 11.8. The lowest BCUT2D eigenvalue weighted by Gasteiger charge is -2.38. The molecule has 0 bridgehead atoms. The van der Waals surface area contributed by atoms with Crippen LogP contribution < -0.4 is 5.32 Å². The maximum absolute atomic E-state index is 11.8. The summed E-state index contributed by atoms with van der Waals surface area (Å²) in [5.41, 5.74) is -0.514. The second-order valence-electron chi connectivity index (χ2n) is 4.30. The molecule has 5 nitrogen and oxygen atoms in total. The van der Waals surface area contributed by atoms with Crippen molar-refractivity contribution in [3.8, 4) is 0 Å². The van der Waals surface area contributed by atoms with Gasteiger partial charge in [0.1, 0.15) is 5.54 Å². The summed E-state index contributed by atoms with van der Waals surface area (Å²) in [4.78, 5) is 14.1. The molecule has 0 unspecified atom stereocenters. The molecule has 94 valence electrons. The topological polar surface area (TPSA) is 50.8 Å². The van der Waals surface area contributed by atoms with E-state index in [0.717, 1.165) is 25.9 Å². The fourth-order valence-corrected chi connectivity index (χ4v) is 2.04. The van der Waals surface area contributed by atoms with Crippen molar-refractivity contribution in [2.24, 2.45) is 0 Å². The summed E-state index contributed by atoms with van der Waals surface area (Å²) in [5, 5.41) is 3.28. The lowest BCUT2D eigenvalue weighted by molar-refractivity contribution is -0.150. The van der Waals surface area contributed by atoms with Gasteiger partial charge < -0.3 is 14.4 Å². The second kappa shape index (κ2) is 6.18. The maximum Gasteiger partial charge on any atom is 0.326 e. The number of carbonyl (C=O) groups excluding carboxylic acids is 1. The first-order valence-corrected chi connectivity index (χ1v) is 5.65. The van der Waals surface area contributed by atoms with Crippen LogP contribution in [0.5, 0.6) is 0 Å². The van der Waals surface area contributed by atoms with Crippen LogP contribution in [0.1, 0.15) is 12.8 Å². The van der Waals surface area contributed by atoms with Gasteiger partial charge in [-0.1, -0.05) is 0 Å². The molecule has 1 heterocycles. The molecule has 0 aliphatic carbocycles. The van der Waals surface area contributed by atoms with E-state index in [1.165, 1.54) is 7.11 Å². The molecule has 16 heavy (non-hydrogen) atoms. The first kappa shape index (κ1) is 13.4. The normalized spacial score (nSPS) is 20.7. The molecule has 0 atom stereocenters. The third-order valence-electron chi connectivity index (χ3n) is 3.19. The standard InChI is InChI=1S/C11H22N2O3/c1-13-7-4-11(5-8-13,10(14)16-3)12-6-9-15-2/h12H,4-9H2,1-3H3. The Hall–Kier alpha value is -0.650. The van der Waals surface area contributed by atoms with Crippen molar-refractivity contribution in [3.05, 3.63) is 0 Å². The number of rotatable bonds is 5. The molecule has 0 aromatic rings. The van der Waals surface area contributed by atoms with E-state index < -0.39 is 5.54 Å². The van der Waals surface area contributed by atoms with Gasteiger partial charge in [-0.2, -0.15) is 0 Å². The highest BCUT2D eigenvalue weighted by atomic mass is 16.5. The van der Waals surface area contributed by atoms with Crippen molar-refractivity contribution >= 4 is 5.97 Å². The highest BCUT2D eigenvalue weighted by Crippen LogP contribution is 2.22. The summed E-state index contributed by atoms with van der Waals surface area (Å²) < 4.78 is 9.89. The number of nitrogens with one attached hydrogen (secondary N) is 1. The number of ether oxygens (including phenoxy) is 2.